The van der Waals surface area contributed by atoms with Gasteiger partial charge < -0.3 is 9.94 Å². The van der Waals surface area contributed by atoms with E-state index in [0.29, 0.717) is 22.3 Å². The fourth-order valence-corrected chi connectivity index (χ4v) is 3.12. The lowest BCUT2D eigenvalue weighted by Gasteiger charge is -2.11. The Bertz CT molecular complexity index is 1340. The van der Waals surface area contributed by atoms with Crippen molar-refractivity contribution in [1.82, 2.24) is 15.1 Å². The molecule has 1 heterocycles. The van der Waals surface area contributed by atoms with Gasteiger partial charge in [-0.1, -0.05) is 42.5 Å². The molecule has 4 aromatic rings. The van der Waals surface area contributed by atoms with Crippen LogP contribution in [0.15, 0.2) is 70.6 Å². The molecule has 8 nitrogen and oxygen atoms in total. The Morgan fingerprint density at radius 1 is 1.13 bits per heavy atom. The molecule has 0 spiro atoms. The van der Waals surface area contributed by atoms with Crippen LogP contribution in [0.2, 0.25) is 0 Å². The zero-order chi connectivity index (χ0) is 21.1. The minimum atomic E-state index is -0.564. The van der Waals surface area contributed by atoms with Gasteiger partial charge in [-0.25, -0.2) is 10.4 Å². The molecule has 0 atom stereocenters. The van der Waals surface area contributed by atoms with E-state index in [0.717, 1.165) is 15.5 Å². The van der Waals surface area contributed by atoms with E-state index in [4.69, 9.17) is 4.84 Å². The first-order valence-electron chi connectivity index (χ1n) is 9.19. The zero-order valence-electron chi connectivity index (χ0n) is 16.1. The Labute approximate surface area is 171 Å². The number of phenols is 1. The maximum Gasteiger partial charge on any atom is 0.294 e. The summed E-state index contributed by atoms with van der Waals surface area (Å²) in [6.45, 7) is 1.19. The fourth-order valence-electron chi connectivity index (χ4n) is 3.12. The Hall–Kier alpha value is -4.20. The van der Waals surface area contributed by atoms with Crippen LogP contribution in [0.5, 0.6) is 5.75 Å². The average Bonchev–Trinajstić information content (AvgIpc) is 2.75. The Balaban J connectivity index is 1.46. The minimum absolute atomic E-state index is 0.0485. The van der Waals surface area contributed by atoms with Crippen molar-refractivity contribution in [3.63, 3.8) is 0 Å². The molecule has 0 fully saturated rings. The number of aromatic nitrogens is 2. The number of phenolic OH excluding ortho intramolecular Hbond substituents is 1. The first-order chi connectivity index (χ1) is 14.5. The first kappa shape index (κ1) is 19.1. The predicted molar refractivity (Wildman–Crippen MR) is 114 cm³/mol. The summed E-state index contributed by atoms with van der Waals surface area (Å²) < 4.78 is 0.988. The van der Waals surface area contributed by atoms with E-state index < -0.39 is 18.1 Å². The first-order valence-corrected chi connectivity index (χ1v) is 9.19. The summed E-state index contributed by atoms with van der Waals surface area (Å²) in [6, 6.07) is 17.8. The molecule has 150 valence electrons. The monoisotopic (exact) mass is 402 g/mol. The molecule has 30 heavy (non-hydrogen) atoms. The molecule has 0 unspecified atom stereocenters. The van der Waals surface area contributed by atoms with Crippen LogP contribution < -0.4 is 15.8 Å². The highest BCUT2D eigenvalue weighted by Gasteiger charge is 2.10. The maximum atomic E-state index is 12.5. The SMILES string of the molecule is Cc1nc2ccccc2c(=O)n1OCC(=O)N/N=C/c1c(O)ccc2ccccc12. The number of carbonyl (C=O) groups excluding carboxylic acids is 1. The Kier molecular flexibility index (Phi) is 5.13. The highest BCUT2D eigenvalue weighted by Crippen LogP contribution is 2.25. The van der Waals surface area contributed by atoms with E-state index in [1.165, 1.54) is 6.21 Å². The van der Waals surface area contributed by atoms with Crippen LogP contribution in [-0.2, 0) is 4.79 Å². The number of benzene rings is 3. The third-order valence-corrected chi connectivity index (χ3v) is 4.55. The number of hydrogen-bond donors (Lipinski definition) is 2. The quantitative estimate of drug-likeness (QED) is 0.393. The number of para-hydroxylation sites is 1. The molecule has 3 aromatic carbocycles. The lowest BCUT2D eigenvalue weighted by atomic mass is 10.0. The standard InChI is InChI=1S/C22H18N4O4/c1-14-24-19-9-5-4-8-17(19)22(29)26(14)30-13-21(28)25-23-12-18-16-7-3-2-6-15(16)10-11-20(18)27/h2-12,27H,13H2,1H3,(H,25,28)/b23-12+. The normalized spacial score (nSPS) is 11.2. The van der Waals surface area contributed by atoms with Crippen molar-refractivity contribution in [2.45, 2.75) is 6.92 Å². The Morgan fingerprint density at radius 3 is 2.70 bits per heavy atom. The fraction of sp³-hybridized carbons (Fsp3) is 0.0909. The largest absolute Gasteiger partial charge is 0.507 e. The second kappa shape index (κ2) is 8.04. The smallest absolute Gasteiger partial charge is 0.294 e. The molecule has 1 amide bonds. The van der Waals surface area contributed by atoms with Gasteiger partial charge in [0.05, 0.1) is 17.1 Å². The van der Waals surface area contributed by atoms with Crippen LogP contribution in [0, 0.1) is 6.92 Å². The number of aromatic hydroxyl groups is 1. The van der Waals surface area contributed by atoms with Crippen molar-refractivity contribution < 1.29 is 14.7 Å². The van der Waals surface area contributed by atoms with Crippen LogP contribution in [-0.4, -0.2) is 33.5 Å². The maximum absolute atomic E-state index is 12.5. The second-order valence-electron chi connectivity index (χ2n) is 6.56. The van der Waals surface area contributed by atoms with E-state index in [1.54, 1.807) is 43.3 Å². The highest BCUT2D eigenvalue weighted by molar-refractivity contribution is 6.02. The van der Waals surface area contributed by atoms with Crippen LogP contribution in [0.25, 0.3) is 21.7 Å². The van der Waals surface area contributed by atoms with Crippen LogP contribution >= 0.6 is 0 Å². The number of aryl methyl sites for hydroxylation is 1. The van der Waals surface area contributed by atoms with E-state index in [-0.39, 0.29) is 5.75 Å². The van der Waals surface area contributed by atoms with E-state index >= 15 is 0 Å². The molecule has 0 radical (unpaired) electrons. The second-order valence-corrected chi connectivity index (χ2v) is 6.56. The topological polar surface area (TPSA) is 106 Å². The predicted octanol–water partition coefficient (Wildman–Crippen LogP) is 2.14. The summed E-state index contributed by atoms with van der Waals surface area (Å²) in [4.78, 5) is 34.3. The summed E-state index contributed by atoms with van der Waals surface area (Å²) >= 11 is 0. The lowest BCUT2D eigenvalue weighted by Crippen LogP contribution is -2.35. The van der Waals surface area contributed by atoms with Crippen LogP contribution in [0.1, 0.15) is 11.4 Å². The number of amides is 1. The number of rotatable bonds is 5. The van der Waals surface area contributed by atoms with Crippen molar-refractivity contribution in [2.24, 2.45) is 5.10 Å². The molecule has 0 bridgehead atoms. The van der Waals surface area contributed by atoms with Crippen molar-refractivity contribution in [2.75, 3.05) is 6.61 Å². The van der Waals surface area contributed by atoms with Crippen molar-refractivity contribution >= 4 is 33.8 Å². The van der Waals surface area contributed by atoms with Crippen molar-refractivity contribution in [1.29, 1.82) is 0 Å². The molecule has 2 N–H and O–H groups in total. The molecule has 0 saturated heterocycles. The number of hydrogen-bond acceptors (Lipinski definition) is 6. The van der Waals surface area contributed by atoms with Gasteiger partial charge in [0, 0.05) is 5.56 Å². The van der Waals surface area contributed by atoms with Gasteiger partial charge in [-0.2, -0.15) is 5.10 Å². The molecule has 4 rings (SSSR count). The lowest BCUT2D eigenvalue weighted by molar-refractivity contribution is -0.126. The number of carbonyl (C=O) groups is 1. The Morgan fingerprint density at radius 2 is 1.87 bits per heavy atom. The van der Waals surface area contributed by atoms with E-state index in [9.17, 15) is 14.7 Å². The molecular weight excluding hydrogens is 384 g/mol. The molecule has 0 aliphatic rings. The summed E-state index contributed by atoms with van der Waals surface area (Å²) in [5, 5.41) is 16.1. The third-order valence-electron chi connectivity index (χ3n) is 4.55. The van der Waals surface area contributed by atoms with Crippen LogP contribution in [0.4, 0.5) is 0 Å². The minimum Gasteiger partial charge on any atom is -0.507 e. The summed E-state index contributed by atoms with van der Waals surface area (Å²) in [6.07, 6.45) is 1.37. The molecule has 0 aliphatic heterocycles. The van der Waals surface area contributed by atoms with Gasteiger partial charge in [-0.3, -0.25) is 9.59 Å². The van der Waals surface area contributed by atoms with Gasteiger partial charge in [-0.05, 0) is 35.9 Å². The summed E-state index contributed by atoms with van der Waals surface area (Å²) in [7, 11) is 0. The van der Waals surface area contributed by atoms with Crippen LogP contribution in [0.3, 0.4) is 0 Å². The summed E-state index contributed by atoms with van der Waals surface area (Å²) in [5.41, 5.74) is 2.98. The van der Waals surface area contributed by atoms with Crippen molar-refractivity contribution in [3.8, 4) is 5.75 Å². The van der Waals surface area contributed by atoms with Gasteiger partial charge >= 0.3 is 0 Å². The number of nitrogens with one attached hydrogen (secondary N) is 1. The molecule has 8 heteroatoms. The van der Waals surface area contributed by atoms with E-state index in [1.807, 2.05) is 24.3 Å². The zero-order valence-corrected chi connectivity index (χ0v) is 16.1. The van der Waals surface area contributed by atoms with Gasteiger partial charge in [0.2, 0.25) is 0 Å². The average molecular weight is 402 g/mol. The van der Waals surface area contributed by atoms with Crippen molar-refractivity contribution in [3.05, 3.63) is 82.4 Å². The summed E-state index contributed by atoms with van der Waals surface area (Å²) in [5.74, 6) is -0.187. The number of fused-ring (bicyclic) bond motifs is 2. The third kappa shape index (κ3) is 3.70. The van der Waals surface area contributed by atoms with Gasteiger partial charge in [0.25, 0.3) is 11.5 Å². The molecule has 0 saturated carbocycles. The molecular formula is C22H18N4O4. The number of nitrogens with zero attached hydrogens (tertiary/aromatic N) is 3. The van der Waals surface area contributed by atoms with Gasteiger partial charge in [0.15, 0.2) is 6.61 Å². The molecule has 1 aromatic heterocycles. The van der Waals surface area contributed by atoms with Gasteiger partial charge in [-0.15, -0.1) is 4.73 Å². The van der Waals surface area contributed by atoms with Gasteiger partial charge in [0.1, 0.15) is 11.6 Å². The highest BCUT2D eigenvalue weighted by atomic mass is 16.7. The number of hydrazone groups is 1. The van der Waals surface area contributed by atoms with E-state index in [2.05, 4.69) is 15.5 Å². The molecule has 0 aliphatic carbocycles.